The number of hydrogen-bond acceptors (Lipinski definition) is 5. The lowest BCUT2D eigenvalue weighted by atomic mass is 9.93. The van der Waals surface area contributed by atoms with Crippen molar-refractivity contribution in [2.45, 2.75) is 18.4 Å². The quantitative estimate of drug-likeness (QED) is 0.521. The van der Waals surface area contributed by atoms with Gasteiger partial charge in [-0.2, -0.15) is 0 Å². The second-order valence-electron chi connectivity index (χ2n) is 3.76. The van der Waals surface area contributed by atoms with E-state index in [1.807, 2.05) is 0 Å². The highest BCUT2D eigenvalue weighted by atomic mass is 32.2. The summed E-state index contributed by atoms with van der Waals surface area (Å²) < 4.78 is 22.4. The maximum atomic E-state index is 11.2. The fourth-order valence-corrected chi connectivity index (χ4v) is 3.41. The zero-order chi connectivity index (χ0) is 9.53. The second-order valence-corrected chi connectivity index (χ2v) is 6.06. The number of aliphatic imine (C=N–C) groups is 1. The van der Waals surface area contributed by atoms with Gasteiger partial charge in [-0.05, 0) is 12.8 Å². The van der Waals surface area contributed by atoms with Gasteiger partial charge in [0.05, 0.1) is 23.6 Å². The molecule has 2 rings (SSSR count). The average molecular weight is 203 g/mol. The van der Waals surface area contributed by atoms with E-state index in [2.05, 4.69) is 10.3 Å². The summed E-state index contributed by atoms with van der Waals surface area (Å²) in [5.41, 5.74) is 5.34. The Kier molecular flexibility index (Phi) is 1.76. The van der Waals surface area contributed by atoms with Crippen molar-refractivity contribution in [3.8, 4) is 0 Å². The third kappa shape index (κ3) is 1.63. The molecule has 0 atom stereocenters. The molecule has 0 unspecified atom stereocenters. The third-order valence-electron chi connectivity index (χ3n) is 2.73. The van der Waals surface area contributed by atoms with E-state index in [0.717, 1.165) is 0 Å². The van der Waals surface area contributed by atoms with E-state index in [0.29, 0.717) is 25.3 Å². The monoisotopic (exact) mass is 203 g/mol. The summed E-state index contributed by atoms with van der Waals surface area (Å²) >= 11 is 0. The number of guanidine groups is 1. The summed E-state index contributed by atoms with van der Waals surface area (Å²) in [4.78, 5) is 4.05. The van der Waals surface area contributed by atoms with Crippen molar-refractivity contribution in [2.24, 2.45) is 10.7 Å². The van der Waals surface area contributed by atoms with E-state index >= 15 is 0 Å². The molecule has 0 bridgehead atoms. The van der Waals surface area contributed by atoms with Crippen molar-refractivity contribution in [3.63, 3.8) is 0 Å². The predicted molar refractivity (Wildman–Crippen MR) is 50.2 cm³/mol. The van der Waals surface area contributed by atoms with Gasteiger partial charge >= 0.3 is 0 Å². The Bertz CT molecular complexity index is 333. The van der Waals surface area contributed by atoms with Crippen molar-refractivity contribution in [2.75, 3.05) is 18.1 Å². The summed E-state index contributed by atoms with van der Waals surface area (Å²) in [7, 11) is -2.80. The molecule has 0 aliphatic carbocycles. The van der Waals surface area contributed by atoms with Crippen LogP contribution in [-0.2, 0) is 9.84 Å². The Balaban J connectivity index is 2.07. The first kappa shape index (κ1) is 8.80. The molecule has 0 saturated carbocycles. The van der Waals surface area contributed by atoms with Gasteiger partial charge in [-0.25, -0.2) is 8.42 Å². The molecule has 0 aromatic rings. The van der Waals surface area contributed by atoms with Gasteiger partial charge in [0.1, 0.15) is 0 Å². The first-order valence-electron chi connectivity index (χ1n) is 4.30. The van der Waals surface area contributed by atoms with E-state index in [1.54, 1.807) is 0 Å². The van der Waals surface area contributed by atoms with Gasteiger partial charge in [0, 0.05) is 0 Å². The molecule has 3 N–H and O–H groups in total. The Morgan fingerprint density at radius 2 is 2.00 bits per heavy atom. The van der Waals surface area contributed by atoms with Gasteiger partial charge in [-0.15, -0.1) is 0 Å². The van der Waals surface area contributed by atoms with Gasteiger partial charge < -0.3 is 11.1 Å². The molecule has 0 aromatic heterocycles. The molecule has 6 heteroatoms. The van der Waals surface area contributed by atoms with Crippen LogP contribution in [0.1, 0.15) is 12.8 Å². The van der Waals surface area contributed by atoms with E-state index in [1.165, 1.54) is 0 Å². The van der Waals surface area contributed by atoms with Crippen LogP contribution in [0.4, 0.5) is 0 Å². The fraction of sp³-hybridized carbons (Fsp3) is 0.857. The topological polar surface area (TPSA) is 84.5 Å². The molecule has 5 nitrogen and oxygen atoms in total. The molecule has 1 saturated heterocycles. The summed E-state index contributed by atoms with van der Waals surface area (Å²) in [6.45, 7) is 0.619. The second kappa shape index (κ2) is 2.60. The van der Waals surface area contributed by atoms with Crippen LogP contribution in [0.5, 0.6) is 0 Å². The Morgan fingerprint density at radius 3 is 2.46 bits per heavy atom. The normalized spacial score (nSPS) is 29.7. The molecule has 0 aromatic carbocycles. The first-order valence-corrected chi connectivity index (χ1v) is 6.12. The van der Waals surface area contributed by atoms with Crippen LogP contribution in [0.15, 0.2) is 4.99 Å². The predicted octanol–water partition coefficient (Wildman–Crippen LogP) is -1.15. The van der Waals surface area contributed by atoms with Gasteiger partial charge in [0.15, 0.2) is 15.8 Å². The highest BCUT2D eigenvalue weighted by Gasteiger charge is 2.40. The van der Waals surface area contributed by atoms with Crippen LogP contribution in [0, 0.1) is 0 Å². The summed E-state index contributed by atoms with van der Waals surface area (Å²) in [5, 5.41) is 3.07. The van der Waals surface area contributed by atoms with Crippen molar-refractivity contribution >= 4 is 15.8 Å². The molecule has 2 aliphatic rings. The number of hydrogen-bond donors (Lipinski definition) is 2. The zero-order valence-electron chi connectivity index (χ0n) is 7.28. The lowest BCUT2D eigenvalue weighted by molar-refractivity contribution is 0.371. The Morgan fingerprint density at radius 1 is 1.38 bits per heavy atom. The maximum Gasteiger partial charge on any atom is 0.189 e. The minimum atomic E-state index is -2.80. The number of nitrogens with two attached hydrogens (primary N) is 1. The largest absolute Gasteiger partial charge is 0.370 e. The lowest BCUT2D eigenvalue weighted by Gasteiger charge is -2.32. The van der Waals surface area contributed by atoms with Crippen molar-refractivity contribution < 1.29 is 8.42 Å². The van der Waals surface area contributed by atoms with Crippen molar-refractivity contribution in [3.05, 3.63) is 0 Å². The minimum Gasteiger partial charge on any atom is -0.370 e. The van der Waals surface area contributed by atoms with Gasteiger partial charge in [0.25, 0.3) is 0 Å². The standard InChI is InChI=1S/C7H13N3O2S/c8-6-9-5-7(10-6)1-3-13(11,12)4-2-7/h1-5H2,(H3,8,9,10). The molecular formula is C7H13N3O2S. The highest BCUT2D eigenvalue weighted by Crippen LogP contribution is 2.26. The van der Waals surface area contributed by atoms with E-state index in [9.17, 15) is 8.42 Å². The van der Waals surface area contributed by atoms with Crippen LogP contribution in [0.2, 0.25) is 0 Å². The summed E-state index contributed by atoms with van der Waals surface area (Å²) in [5.74, 6) is 0.949. The molecule has 1 spiro atoms. The molecule has 1 fully saturated rings. The minimum absolute atomic E-state index is 0.157. The van der Waals surface area contributed by atoms with Crippen molar-refractivity contribution in [1.29, 1.82) is 0 Å². The molecule has 0 amide bonds. The van der Waals surface area contributed by atoms with Gasteiger partial charge in [-0.3, -0.25) is 4.99 Å². The maximum absolute atomic E-state index is 11.2. The summed E-state index contributed by atoms with van der Waals surface area (Å²) in [6, 6.07) is 0. The number of rotatable bonds is 0. The van der Waals surface area contributed by atoms with Crippen LogP contribution in [0.3, 0.4) is 0 Å². The highest BCUT2D eigenvalue weighted by molar-refractivity contribution is 7.91. The molecule has 74 valence electrons. The average Bonchev–Trinajstić information content (AvgIpc) is 2.41. The van der Waals surface area contributed by atoms with E-state index in [-0.39, 0.29) is 17.0 Å². The van der Waals surface area contributed by atoms with Crippen LogP contribution < -0.4 is 11.1 Å². The van der Waals surface area contributed by atoms with E-state index < -0.39 is 9.84 Å². The number of nitrogens with zero attached hydrogens (tertiary/aromatic N) is 1. The number of sulfone groups is 1. The Hall–Kier alpha value is -0.780. The van der Waals surface area contributed by atoms with E-state index in [4.69, 9.17) is 5.73 Å². The SMILES string of the molecule is NC1=NCC2(CCS(=O)(=O)CC2)N1. The molecular weight excluding hydrogens is 190 g/mol. The van der Waals surface area contributed by atoms with Crippen LogP contribution >= 0.6 is 0 Å². The first-order chi connectivity index (χ1) is 6.02. The number of nitrogens with one attached hydrogen (secondary N) is 1. The Labute approximate surface area is 77.3 Å². The van der Waals surface area contributed by atoms with Crippen LogP contribution in [-0.4, -0.2) is 38.0 Å². The van der Waals surface area contributed by atoms with Crippen LogP contribution in [0.25, 0.3) is 0 Å². The molecule has 13 heavy (non-hydrogen) atoms. The molecule has 2 aliphatic heterocycles. The third-order valence-corrected chi connectivity index (χ3v) is 4.38. The van der Waals surface area contributed by atoms with Gasteiger partial charge in [-0.1, -0.05) is 0 Å². The summed E-state index contributed by atoms with van der Waals surface area (Å²) in [6.07, 6.45) is 1.25. The zero-order valence-corrected chi connectivity index (χ0v) is 8.10. The molecule has 2 heterocycles. The van der Waals surface area contributed by atoms with Crippen molar-refractivity contribution in [1.82, 2.24) is 5.32 Å². The smallest absolute Gasteiger partial charge is 0.189 e. The van der Waals surface area contributed by atoms with Gasteiger partial charge in [0.2, 0.25) is 0 Å². The lowest BCUT2D eigenvalue weighted by Crippen LogP contribution is -2.52. The fourth-order valence-electron chi connectivity index (χ4n) is 1.80. The molecule has 0 radical (unpaired) electrons.